The van der Waals surface area contributed by atoms with Gasteiger partial charge >= 0.3 is 11.9 Å². The van der Waals surface area contributed by atoms with Crippen molar-refractivity contribution >= 4 is 27.9 Å². The highest BCUT2D eigenvalue weighted by molar-refractivity contribution is 9.08. The molecule has 34 heavy (non-hydrogen) atoms. The van der Waals surface area contributed by atoms with E-state index in [9.17, 15) is 9.59 Å². The van der Waals surface area contributed by atoms with Crippen molar-refractivity contribution in [1.29, 1.82) is 0 Å². The molecule has 1 aliphatic carbocycles. The second-order valence-corrected chi connectivity index (χ2v) is 10.7. The molecule has 0 spiro atoms. The minimum absolute atomic E-state index is 0.263. The zero-order valence-corrected chi connectivity index (χ0v) is 22.6. The summed E-state index contributed by atoms with van der Waals surface area (Å²) in [5.74, 6) is -0.538. The van der Waals surface area contributed by atoms with Crippen LogP contribution in [0.1, 0.15) is 79.8 Å². The predicted molar refractivity (Wildman–Crippen MR) is 141 cm³/mol. The number of halogens is 1. The highest BCUT2D eigenvalue weighted by atomic mass is 79.9. The maximum Gasteiger partial charge on any atom is 0.338 e. The summed E-state index contributed by atoms with van der Waals surface area (Å²) in [7, 11) is 0. The fraction of sp³-hybridized carbons (Fsp3) is 0.379. The number of hydrogen-bond acceptors (Lipinski definition) is 4. The van der Waals surface area contributed by atoms with Crippen LogP contribution in [0.15, 0.2) is 72.3 Å². The molecule has 5 heteroatoms. The fourth-order valence-corrected chi connectivity index (χ4v) is 3.42. The lowest BCUT2D eigenvalue weighted by Crippen LogP contribution is -2.23. The molecule has 0 atom stereocenters. The molecule has 0 unspecified atom stereocenters. The minimum atomic E-state index is -0.448. The van der Waals surface area contributed by atoms with Gasteiger partial charge in [-0.25, -0.2) is 9.59 Å². The van der Waals surface area contributed by atoms with Crippen molar-refractivity contribution in [2.75, 3.05) is 0 Å². The maximum absolute atomic E-state index is 11.9. The summed E-state index contributed by atoms with van der Waals surface area (Å²) >= 11 is 3.35. The third-order valence-corrected chi connectivity index (χ3v) is 5.26. The molecule has 3 rings (SSSR count). The summed E-state index contributed by atoms with van der Waals surface area (Å²) in [5, 5.41) is 0.793. The number of esters is 2. The highest BCUT2D eigenvalue weighted by Gasteiger charge is 2.18. The molecule has 0 N–H and O–H groups in total. The first kappa shape index (κ1) is 27.6. The van der Waals surface area contributed by atoms with Gasteiger partial charge in [-0.1, -0.05) is 64.0 Å². The third kappa shape index (κ3) is 10.1. The maximum atomic E-state index is 11.9. The first-order chi connectivity index (χ1) is 15.9. The first-order valence-corrected chi connectivity index (χ1v) is 12.5. The Balaban J connectivity index is 0.000000248. The Kier molecular flexibility index (Phi) is 9.87. The van der Waals surface area contributed by atoms with E-state index in [1.165, 1.54) is 11.1 Å². The van der Waals surface area contributed by atoms with Gasteiger partial charge in [-0.05, 0) is 89.8 Å². The monoisotopic (exact) mass is 526 g/mol. The molecule has 0 fully saturated rings. The van der Waals surface area contributed by atoms with Gasteiger partial charge in [-0.3, -0.25) is 0 Å². The molecular weight excluding hydrogens is 492 g/mol. The lowest BCUT2D eigenvalue weighted by atomic mass is 10.0. The topological polar surface area (TPSA) is 52.6 Å². The van der Waals surface area contributed by atoms with Crippen molar-refractivity contribution in [3.8, 4) is 0 Å². The standard InChI is InChI=1S/C17H20O2.C12H15BrO2/c1-17(2,3)19-16(18)15-10-8-14(9-11-15)12-13-6-4-5-7-13;1-12(2,3)15-11(14)10-6-4-9(8-13)5-7-10/h4-6,8-11H,7,12H2,1-3H3;4-7H,8H2,1-3H3. The lowest BCUT2D eigenvalue weighted by molar-refractivity contribution is 0.00570. The SMILES string of the molecule is CC(C)(C)OC(=O)c1ccc(CBr)cc1.CC(C)(C)OC(=O)c1ccc(CC2=CC=CC2)cc1. The number of carbonyl (C=O) groups is 2. The molecule has 0 amide bonds. The van der Waals surface area contributed by atoms with Crippen LogP contribution in [-0.4, -0.2) is 23.1 Å². The van der Waals surface area contributed by atoms with Crippen LogP contribution in [0.25, 0.3) is 0 Å². The number of alkyl halides is 1. The average Bonchev–Trinajstić information content (AvgIpc) is 3.25. The van der Waals surface area contributed by atoms with E-state index in [0.29, 0.717) is 11.1 Å². The van der Waals surface area contributed by atoms with Crippen LogP contribution in [0.2, 0.25) is 0 Å². The Morgan fingerprint density at radius 1 is 0.765 bits per heavy atom. The molecule has 0 aliphatic heterocycles. The van der Waals surface area contributed by atoms with E-state index in [1.807, 2.05) is 77.9 Å². The molecule has 2 aromatic rings. The quantitative estimate of drug-likeness (QED) is 0.297. The van der Waals surface area contributed by atoms with Gasteiger partial charge in [0.25, 0.3) is 0 Å². The summed E-state index contributed by atoms with van der Waals surface area (Å²) in [4.78, 5) is 23.5. The van der Waals surface area contributed by atoms with Gasteiger partial charge in [0.2, 0.25) is 0 Å². The van der Waals surface area contributed by atoms with Crippen molar-refractivity contribution in [2.45, 2.75) is 70.9 Å². The van der Waals surface area contributed by atoms with Gasteiger partial charge in [-0.15, -0.1) is 0 Å². The Hall–Kier alpha value is -2.66. The second kappa shape index (κ2) is 12.2. The molecule has 0 saturated heterocycles. The Morgan fingerprint density at radius 3 is 1.56 bits per heavy atom. The van der Waals surface area contributed by atoms with Crippen LogP contribution < -0.4 is 0 Å². The summed E-state index contributed by atoms with van der Waals surface area (Å²) < 4.78 is 10.6. The van der Waals surface area contributed by atoms with Crippen LogP contribution in [0.3, 0.4) is 0 Å². The summed E-state index contributed by atoms with van der Waals surface area (Å²) in [6.07, 6.45) is 8.38. The van der Waals surface area contributed by atoms with E-state index in [2.05, 4.69) is 34.2 Å². The number of ether oxygens (including phenoxy) is 2. The summed E-state index contributed by atoms with van der Waals surface area (Å²) in [6, 6.07) is 15.1. The minimum Gasteiger partial charge on any atom is -0.456 e. The third-order valence-electron chi connectivity index (χ3n) is 4.61. The smallest absolute Gasteiger partial charge is 0.338 e. The molecule has 182 valence electrons. The molecule has 0 aromatic heterocycles. The predicted octanol–water partition coefficient (Wildman–Crippen LogP) is 7.61. The average molecular weight is 527 g/mol. The summed E-state index contributed by atoms with van der Waals surface area (Å²) in [6.45, 7) is 11.2. The second-order valence-electron chi connectivity index (χ2n) is 10.2. The number of carbonyl (C=O) groups excluding carboxylic acids is 2. The van der Waals surface area contributed by atoms with Gasteiger partial charge in [-0.2, -0.15) is 0 Å². The van der Waals surface area contributed by atoms with Crippen LogP contribution >= 0.6 is 15.9 Å². The van der Waals surface area contributed by atoms with E-state index in [0.717, 1.165) is 23.7 Å². The van der Waals surface area contributed by atoms with Gasteiger partial charge in [0.15, 0.2) is 0 Å². The number of rotatable bonds is 5. The molecule has 4 nitrogen and oxygen atoms in total. The molecule has 2 aromatic carbocycles. The largest absolute Gasteiger partial charge is 0.456 e. The van der Waals surface area contributed by atoms with E-state index < -0.39 is 11.2 Å². The molecular formula is C29H35BrO4. The van der Waals surface area contributed by atoms with E-state index in [-0.39, 0.29) is 11.9 Å². The van der Waals surface area contributed by atoms with E-state index in [1.54, 1.807) is 12.1 Å². The number of hydrogen-bond donors (Lipinski definition) is 0. The highest BCUT2D eigenvalue weighted by Crippen LogP contribution is 2.18. The van der Waals surface area contributed by atoms with Crippen molar-refractivity contribution in [3.63, 3.8) is 0 Å². The van der Waals surface area contributed by atoms with Gasteiger partial charge < -0.3 is 9.47 Å². The zero-order valence-electron chi connectivity index (χ0n) is 21.0. The van der Waals surface area contributed by atoms with E-state index >= 15 is 0 Å². The van der Waals surface area contributed by atoms with Crippen molar-refractivity contribution in [1.82, 2.24) is 0 Å². The molecule has 0 radical (unpaired) electrons. The Morgan fingerprint density at radius 2 is 1.21 bits per heavy atom. The normalized spacial score (nSPS) is 13.0. The van der Waals surface area contributed by atoms with Crippen LogP contribution in [0.4, 0.5) is 0 Å². The van der Waals surface area contributed by atoms with Crippen LogP contribution in [-0.2, 0) is 21.2 Å². The first-order valence-electron chi connectivity index (χ1n) is 11.4. The van der Waals surface area contributed by atoms with Crippen LogP contribution in [0.5, 0.6) is 0 Å². The number of allylic oxidation sites excluding steroid dienone is 4. The van der Waals surface area contributed by atoms with Crippen molar-refractivity contribution in [3.05, 3.63) is 94.6 Å². The van der Waals surface area contributed by atoms with Crippen LogP contribution in [0, 0.1) is 0 Å². The molecule has 1 aliphatic rings. The molecule has 0 heterocycles. The molecule has 0 saturated carbocycles. The Labute approximate surface area is 212 Å². The van der Waals surface area contributed by atoms with E-state index in [4.69, 9.17) is 9.47 Å². The fourth-order valence-electron chi connectivity index (χ4n) is 3.05. The summed E-state index contributed by atoms with van der Waals surface area (Å²) in [5.41, 5.74) is 4.09. The van der Waals surface area contributed by atoms with Crippen molar-refractivity contribution < 1.29 is 19.1 Å². The number of benzene rings is 2. The van der Waals surface area contributed by atoms with Gasteiger partial charge in [0, 0.05) is 5.33 Å². The lowest BCUT2D eigenvalue weighted by Gasteiger charge is -2.19. The van der Waals surface area contributed by atoms with Gasteiger partial charge in [0.05, 0.1) is 11.1 Å². The Bertz CT molecular complexity index is 1020. The zero-order chi connectivity index (χ0) is 25.4. The molecule has 0 bridgehead atoms. The van der Waals surface area contributed by atoms with Gasteiger partial charge in [0.1, 0.15) is 11.2 Å². The van der Waals surface area contributed by atoms with Crippen molar-refractivity contribution in [2.24, 2.45) is 0 Å².